The van der Waals surface area contributed by atoms with Gasteiger partial charge in [0, 0.05) is 39.8 Å². The van der Waals surface area contributed by atoms with Crippen molar-refractivity contribution in [1.82, 2.24) is 15.1 Å². The van der Waals surface area contributed by atoms with E-state index in [-0.39, 0.29) is 0 Å². The zero-order valence-corrected chi connectivity index (χ0v) is 16.1. The summed E-state index contributed by atoms with van der Waals surface area (Å²) in [6, 6.07) is 8.67. The summed E-state index contributed by atoms with van der Waals surface area (Å²) in [5.74, 6) is 0.997. The molecule has 1 aromatic carbocycles. The minimum Gasteiger partial charge on any atom is -0.379 e. The number of rotatable bonds is 8. The first-order valence-electron chi connectivity index (χ1n) is 9.61. The number of nitrogens with zero attached hydrogens (tertiary/aromatic N) is 3. The molecule has 1 saturated heterocycles. The SMILES string of the molecule is CCCCN(C)C(=NCc1ccccc1CN1CCOCC1)NCC. The number of benzene rings is 1. The molecule has 0 atom stereocenters. The van der Waals surface area contributed by atoms with Crippen LogP contribution in [0.15, 0.2) is 29.3 Å². The molecule has 1 aliphatic rings. The quantitative estimate of drug-likeness (QED) is 0.580. The van der Waals surface area contributed by atoms with Crippen LogP contribution in [0.3, 0.4) is 0 Å². The molecule has 0 spiro atoms. The Morgan fingerprint density at radius 1 is 1.20 bits per heavy atom. The molecule has 1 fully saturated rings. The Morgan fingerprint density at radius 3 is 2.60 bits per heavy atom. The van der Waals surface area contributed by atoms with Gasteiger partial charge in [-0.2, -0.15) is 0 Å². The number of hydrogen-bond acceptors (Lipinski definition) is 3. The van der Waals surface area contributed by atoms with Crippen molar-refractivity contribution in [2.24, 2.45) is 4.99 Å². The maximum atomic E-state index is 5.45. The fourth-order valence-corrected chi connectivity index (χ4v) is 3.00. The average molecular weight is 347 g/mol. The van der Waals surface area contributed by atoms with E-state index in [1.165, 1.54) is 24.0 Å². The third-order valence-corrected chi connectivity index (χ3v) is 4.56. The molecule has 1 heterocycles. The van der Waals surface area contributed by atoms with Gasteiger partial charge in [-0.25, -0.2) is 4.99 Å². The summed E-state index contributed by atoms with van der Waals surface area (Å²) in [6.45, 7) is 11.7. The standard InChI is InChI=1S/C20H34N4O/c1-4-6-11-23(3)20(21-5-2)22-16-18-9-7-8-10-19(18)17-24-12-14-25-15-13-24/h7-10H,4-6,11-17H2,1-3H3,(H,21,22). The van der Waals surface area contributed by atoms with Gasteiger partial charge >= 0.3 is 0 Å². The smallest absolute Gasteiger partial charge is 0.193 e. The van der Waals surface area contributed by atoms with Crippen molar-refractivity contribution in [1.29, 1.82) is 0 Å². The highest BCUT2D eigenvalue weighted by Crippen LogP contribution is 2.14. The third-order valence-electron chi connectivity index (χ3n) is 4.56. The van der Waals surface area contributed by atoms with Crippen LogP contribution in [-0.2, 0) is 17.8 Å². The van der Waals surface area contributed by atoms with Crippen LogP contribution < -0.4 is 5.32 Å². The van der Waals surface area contributed by atoms with Gasteiger partial charge in [-0.05, 0) is 24.5 Å². The van der Waals surface area contributed by atoms with Crippen LogP contribution in [0.1, 0.15) is 37.8 Å². The third kappa shape index (κ3) is 6.67. The van der Waals surface area contributed by atoms with E-state index in [9.17, 15) is 0 Å². The highest BCUT2D eigenvalue weighted by atomic mass is 16.5. The van der Waals surface area contributed by atoms with Crippen LogP contribution in [0.4, 0.5) is 0 Å². The van der Waals surface area contributed by atoms with Crippen LogP contribution in [0.25, 0.3) is 0 Å². The summed E-state index contributed by atoms with van der Waals surface area (Å²) in [6.07, 6.45) is 2.39. The first-order valence-corrected chi connectivity index (χ1v) is 9.61. The Labute approximate surface area is 153 Å². The molecule has 0 saturated carbocycles. The second kappa shape index (κ2) is 11.1. The molecule has 2 rings (SSSR count). The Hall–Kier alpha value is -1.59. The maximum Gasteiger partial charge on any atom is 0.193 e. The summed E-state index contributed by atoms with van der Waals surface area (Å²) in [7, 11) is 2.12. The fourth-order valence-electron chi connectivity index (χ4n) is 3.00. The number of aliphatic imine (C=N–C) groups is 1. The Bertz CT molecular complexity index is 526. The number of guanidine groups is 1. The topological polar surface area (TPSA) is 40.1 Å². The second-order valence-corrected chi connectivity index (χ2v) is 6.60. The summed E-state index contributed by atoms with van der Waals surface area (Å²) >= 11 is 0. The summed E-state index contributed by atoms with van der Waals surface area (Å²) in [5.41, 5.74) is 2.69. The fraction of sp³-hybridized carbons (Fsp3) is 0.650. The minimum absolute atomic E-state index is 0.722. The van der Waals surface area contributed by atoms with Crippen molar-refractivity contribution in [3.8, 4) is 0 Å². The van der Waals surface area contributed by atoms with E-state index < -0.39 is 0 Å². The van der Waals surface area contributed by atoms with Gasteiger partial charge in [-0.15, -0.1) is 0 Å². The molecule has 1 aliphatic heterocycles. The lowest BCUT2D eigenvalue weighted by Crippen LogP contribution is -2.39. The van der Waals surface area contributed by atoms with E-state index >= 15 is 0 Å². The Kier molecular flexibility index (Phi) is 8.77. The Balaban J connectivity index is 2.03. The molecule has 0 unspecified atom stereocenters. The van der Waals surface area contributed by atoms with Gasteiger partial charge in [0.15, 0.2) is 5.96 Å². The molecule has 0 radical (unpaired) electrons. The van der Waals surface area contributed by atoms with Crippen LogP contribution >= 0.6 is 0 Å². The monoisotopic (exact) mass is 346 g/mol. The molecular formula is C20H34N4O. The molecule has 5 heteroatoms. The molecular weight excluding hydrogens is 312 g/mol. The minimum atomic E-state index is 0.722. The molecule has 5 nitrogen and oxygen atoms in total. The predicted octanol–water partition coefficient (Wildman–Crippen LogP) is 2.72. The molecule has 1 N–H and O–H groups in total. The highest BCUT2D eigenvalue weighted by Gasteiger charge is 2.13. The van der Waals surface area contributed by atoms with E-state index in [0.717, 1.165) is 58.4 Å². The zero-order chi connectivity index (χ0) is 17.9. The van der Waals surface area contributed by atoms with Crippen molar-refractivity contribution in [3.05, 3.63) is 35.4 Å². The van der Waals surface area contributed by atoms with Crippen LogP contribution in [0.5, 0.6) is 0 Å². The maximum absolute atomic E-state index is 5.45. The number of ether oxygens (including phenoxy) is 1. The first kappa shape index (κ1) is 19.7. The van der Waals surface area contributed by atoms with Gasteiger partial charge in [-0.1, -0.05) is 37.6 Å². The van der Waals surface area contributed by atoms with Crippen LogP contribution in [-0.4, -0.2) is 62.2 Å². The van der Waals surface area contributed by atoms with Gasteiger partial charge in [0.1, 0.15) is 0 Å². The highest BCUT2D eigenvalue weighted by molar-refractivity contribution is 5.79. The van der Waals surface area contributed by atoms with E-state index in [2.05, 4.69) is 60.3 Å². The zero-order valence-electron chi connectivity index (χ0n) is 16.1. The van der Waals surface area contributed by atoms with Gasteiger partial charge < -0.3 is 15.0 Å². The first-order chi connectivity index (χ1) is 12.2. The average Bonchev–Trinajstić information content (AvgIpc) is 2.65. The van der Waals surface area contributed by atoms with Gasteiger partial charge in [0.25, 0.3) is 0 Å². The van der Waals surface area contributed by atoms with Gasteiger partial charge in [0.05, 0.1) is 19.8 Å². The lowest BCUT2D eigenvalue weighted by molar-refractivity contribution is 0.0341. The number of morpholine rings is 1. The van der Waals surface area contributed by atoms with Gasteiger partial charge in [-0.3, -0.25) is 4.90 Å². The number of unbranched alkanes of at least 4 members (excludes halogenated alkanes) is 1. The van der Waals surface area contributed by atoms with Crippen molar-refractivity contribution in [2.75, 3.05) is 46.4 Å². The van der Waals surface area contributed by atoms with E-state index in [1.54, 1.807) is 0 Å². The molecule has 0 amide bonds. The van der Waals surface area contributed by atoms with Crippen LogP contribution in [0, 0.1) is 0 Å². The molecule has 140 valence electrons. The van der Waals surface area contributed by atoms with E-state index in [0.29, 0.717) is 0 Å². The lowest BCUT2D eigenvalue weighted by Gasteiger charge is -2.27. The molecule has 0 aliphatic carbocycles. The Morgan fingerprint density at radius 2 is 1.92 bits per heavy atom. The van der Waals surface area contributed by atoms with Crippen molar-refractivity contribution in [2.45, 2.75) is 39.8 Å². The van der Waals surface area contributed by atoms with E-state index in [1.807, 2.05) is 0 Å². The van der Waals surface area contributed by atoms with E-state index in [4.69, 9.17) is 9.73 Å². The summed E-state index contributed by atoms with van der Waals surface area (Å²) < 4.78 is 5.45. The number of hydrogen-bond donors (Lipinski definition) is 1. The molecule has 0 bridgehead atoms. The van der Waals surface area contributed by atoms with Crippen molar-refractivity contribution >= 4 is 5.96 Å². The lowest BCUT2D eigenvalue weighted by atomic mass is 10.1. The molecule has 25 heavy (non-hydrogen) atoms. The summed E-state index contributed by atoms with van der Waals surface area (Å²) in [5, 5.41) is 3.41. The van der Waals surface area contributed by atoms with Crippen molar-refractivity contribution in [3.63, 3.8) is 0 Å². The molecule has 1 aromatic rings. The summed E-state index contributed by atoms with van der Waals surface area (Å²) in [4.78, 5) is 9.58. The predicted molar refractivity (Wildman–Crippen MR) is 105 cm³/mol. The van der Waals surface area contributed by atoms with Gasteiger partial charge in [0.2, 0.25) is 0 Å². The number of nitrogens with one attached hydrogen (secondary N) is 1. The molecule has 0 aromatic heterocycles. The second-order valence-electron chi connectivity index (χ2n) is 6.60. The van der Waals surface area contributed by atoms with Crippen molar-refractivity contribution < 1.29 is 4.74 Å². The van der Waals surface area contributed by atoms with Crippen LogP contribution in [0.2, 0.25) is 0 Å². The normalized spacial score (nSPS) is 16.0. The largest absolute Gasteiger partial charge is 0.379 e.